The molecule has 1 aromatic carbocycles. The summed E-state index contributed by atoms with van der Waals surface area (Å²) >= 11 is 11.4. The van der Waals surface area contributed by atoms with Crippen molar-refractivity contribution in [3.8, 4) is 0 Å². The molecule has 21 heavy (non-hydrogen) atoms. The number of urea groups is 1. The molecule has 3 N–H and O–H groups in total. The van der Waals surface area contributed by atoms with Gasteiger partial charge in [0.1, 0.15) is 5.15 Å². The van der Waals surface area contributed by atoms with Gasteiger partial charge in [-0.15, -0.1) is 0 Å². The van der Waals surface area contributed by atoms with Crippen molar-refractivity contribution in [1.82, 2.24) is 15.8 Å². The molecule has 3 amide bonds. The zero-order valence-electron chi connectivity index (χ0n) is 10.6. The van der Waals surface area contributed by atoms with Crippen LogP contribution in [0.5, 0.6) is 0 Å². The molecule has 2 rings (SSSR count). The lowest BCUT2D eigenvalue weighted by atomic mass is 10.3. The highest BCUT2D eigenvalue weighted by Crippen LogP contribution is 2.19. The van der Waals surface area contributed by atoms with Gasteiger partial charge in [0.05, 0.1) is 10.6 Å². The van der Waals surface area contributed by atoms with Crippen LogP contribution in [-0.4, -0.2) is 16.9 Å². The summed E-state index contributed by atoms with van der Waals surface area (Å²) in [6.07, 6.45) is 1.25. The van der Waals surface area contributed by atoms with Crippen LogP contribution in [0.25, 0.3) is 0 Å². The van der Waals surface area contributed by atoms with Crippen molar-refractivity contribution >= 4 is 40.8 Å². The fourth-order valence-electron chi connectivity index (χ4n) is 1.41. The van der Waals surface area contributed by atoms with E-state index in [-0.39, 0.29) is 15.7 Å². The molecule has 0 spiro atoms. The molecule has 6 nitrogen and oxygen atoms in total. The molecule has 0 unspecified atom stereocenters. The first-order valence-electron chi connectivity index (χ1n) is 5.79. The Morgan fingerprint density at radius 2 is 1.76 bits per heavy atom. The number of aromatic nitrogens is 1. The van der Waals surface area contributed by atoms with Gasteiger partial charge in [0.25, 0.3) is 5.91 Å². The number of hydrogen-bond donors (Lipinski definition) is 3. The Morgan fingerprint density at radius 1 is 1.05 bits per heavy atom. The van der Waals surface area contributed by atoms with Crippen molar-refractivity contribution in [1.29, 1.82) is 0 Å². The van der Waals surface area contributed by atoms with E-state index < -0.39 is 11.9 Å². The van der Waals surface area contributed by atoms with Crippen LogP contribution in [0.15, 0.2) is 42.6 Å². The second kappa shape index (κ2) is 6.92. The Hall–Kier alpha value is -2.31. The Balaban J connectivity index is 1.89. The zero-order chi connectivity index (χ0) is 15.2. The second-order valence-electron chi connectivity index (χ2n) is 3.90. The van der Waals surface area contributed by atoms with E-state index in [0.29, 0.717) is 5.69 Å². The summed E-state index contributed by atoms with van der Waals surface area (Å²) in [5.74, 6) is -0.565. The maximum absolute atomic E-state index is 11.8. The average molecular weight is 325 g/mol. The summed E-state index contributed by atoms with van der Waals surface area (Å²) in [5.41, 5.74) is 5.20. The van der Waals surface area contributed by atoms with Crippen LogP contribution in [0, 0.1) is 0 Å². The molecule has 0 saturated carbocycles. The fraction of sp³-hybridized carbons (Fsp3) is 0. The number of pyridine rings is 1. The van der Waals surface area contributed by atoms with Crippen molar-refractivity contribution in [2.24, 2.45) is 0 Å². The number of halogens is 2. The first-order valence-corrected chi connectivity index (χ1v) is 6.55. The first-order chi connectivity index (χ1) is 10.1. The average Bonchev–Trinajstić information content (AvgIpc) is 2.48. The fourth-order valence-corrected chi connectivity index (χ4v) is 1.68. The highest BCUT2D eigenvalue weighted by molar-refractivity contribution is 6.41. The number of hydrogen-bond acceptors (Lipinski definition) is 3. The van der Waals surface area contributed by atoms with Crippen molar-refractivity contribution in [3.63, 3.8) is 0 Å². The summed E-state index contributed by atoms with van der Waals surface area (Å²) in [6.45, 7) is 0. The van der Waals surface area contributed by atoms with Gasteiger partial charge in [0, 0.05) is 11.9 Å². The maximum atomic E-state index is 11.8. The summed E-state index contributed by atoms with van der Waals surface area (Å²) in [7, 11) is 0. The van der Waals surface area contributed by atoms with E-state index in [1.165, 1.54) is 12.3 Å². The minimum absolute atomic E-state index is 0.1000. The Kier molecular flexibility index (Phi) is 4.97. The van der Waals surface area contributed by atoms with Gasteiger partial charge in [-0.2, -0.15) is 0 Å². The molecule has 108 valence electrons. The number of carbonyl (C=O) groups excluding carboxylic acids is 2. The summed E-state index contributed by atoms with van der Waals surface area (Å²) in [6, 6.07) is 9.56. The maximum Gasteiger partial charge on any atom is 0.337 e. The minimum Gasteiger partial charge on any atom is -0.307 e. The van der Waals surface area contributed by atoms with E-state index >= 15 is 0 Å². The van der Waals surface area contributed by atoms with Gasteiger partial charge < -0.3 is 5.32 Å². The number of carbonyl (C=O) groups is 2. The molecular weight excluding hydrogens is 315 g/mol. The molecule has 0 fully saturated rings. The van der Waals surface area contributed by atoms with Crippen molar-refractivity contribution < 1.29 is 9.59 Å². The molecule has 0 radical (unpaired) electrons. The van der Waals surface area contributed by atoms with E-state index in [4.69, 9.17) is 23.2 Å². The molecule has 1 heterocycles. The molecule has 2 aromatic rings. The number of nitrogens with one attached hydrogen (secondary N) is 3. The van der Waals surface area contributed by atoms with Crippen molar-refractivity contribution in [2.75, 3.05) is 5.32 Å². The lowest BCUT2D eigenvalue weighted by Crippen LogP contribution is -2.43. The number of hydrazine groups is 1. The van der Waals surface area contributed by atoms with Crippen LogP contribution in [0.1, 0.15) is 10.4 Å². The lowest BCUT2D eigenvalue weighted by Gasteiger charge is -2.09. The number of amides is 3. The SMILES string of the molecule is O=C(NNC(=O)c1cnc(Cl)c(Cl)c1)Nc1ccccc1. The Morgan fingerprint density at radius 3 is 2.43 bits per heavy atom. The van der Waals surface area contributed by atoms with E-state index in [2.05, 4.69) is 21.2 Å². The van der Waals surface area contributed by atoms with Gasteiger partial charge in [0.2, 0.25) is 0 Å². The quantitative estimate of drug-likeness (QED) is 0.586. The number of nitrogens with zero attached hydrogens (tertiary/aromatic N) is 1. The van der Waals surface area contributed by atoms with Crippen LogP contribution in [0.2, 0.25) is 10.2 Å². The van der Waals surface area contributed by atoms with Crippen LogP contribution in [0.3, 0.4) is 0 Å². The third-order valence-electron chi connectivity index (χ3n) is 2.38. The number of para-hydroxylation sites is 1. The predicted octanol–water partition coefficient (Wildman–Crippen LogP) is 2.85. The van der Waals surface area contributed by atoms with Crippen LogP contribution < -0.4 is 16.2 Å². The molecule has 0 aliphatic carbocycles. The molecular formula is C13H10Cl2N4O2. The molecule has 0 aliphatic heterocycles. The van der Waals surface area contributed by atoms with Crippen LogP contribution in [0.4, 0.5) is 10.5 Å². The zero-order valence-corrected chi connectivity index (χ0v) is 12.1. The van der Waals surface area contributed by atoms with Crippen LogP contribution in [-0.2, 0) is 0 Å². The second-order valence-corrected chi connectivity index (χ2v) is 4.66. The predicted molar refractivity (Wildman–Crippen MR) is 80.3 cm³/mol. The standard InChI is InChI=1S/C13H10Cl2N4O2/c14-10-6-8(7-16-11(10)15)12(20)18-19-13(21)17-9-4-2-1-3-5-9/h1-7H,(H,18,20)(H2,17,19,21). The summed E-state index contributed by atoms with van der Waals surface area (Å²) in [4.78, 5) is 27.1. The molecule has 0 aliphatic rings. The Bertz CT molecular complexity index is 664. The van der Waals surface area contributed by atoms with Crippen molar-refractivity contribution in [3.05, 3.63) is 58.3 Å². The molecule has 0 bridgehead atoms. The number of anilines is 1. The van der Waals surface area contributed by atoms with Gasteiger partial charge in [-0.25, -0.2) is 15.2 Å². The van der Waals surface area contributed by atoms with Gasteiger partial charge in [0.15, 0.2) is 0 Å². The smallest absolute Gasteiger partial charge is 0.307 e. The van der Waals surface area contributed by atoms with Gasteiger partial charge in [-0.05, 0) is 18.2 Å². The first kappa shape index (κ1) is 15.1. The lowest BCUT2D eigenvalue weighted by molar-refractivity contribution is 0.0937. The monoisotopic (exact) mass is 324 g/mol. The minimum atomic E-state index is -0.581. The van der Waals surface area contributed by atoms with E-state index in [1.807, 2.05) is 6.07 Å². The van der Waals surface area contributed by atoms with Crippen LogP contribution >= 0.6 is 23.2 Å². The van der Waals surface area contributed by atoms with E-state index in [1.54, 1.807) is 24.3 Å². The van der Waals surface area contributed by atoms with Gasteiger partial charge >= 0.3 is 6.03 Å². The highest BCUT2D eigenvalue weighted by atomic mass is 35.5. The Labute approximate surface area is 130 Å². The molecule has 0 atom stereocenters. The van der Waals surface area contributed by atoms with Crippen molar-refractivity contribution in [2.45, 2.75) is 0 Å². The molecule has 8 heteroatoms. The summed E-state index contributed by atoms with van der Waals surface area (Å²) in [5, 5.41) is 2.79. The highest BCUT2D eigenvalue weighted by Gasteiger charge is 2.10. The summed E-state index contributed by atoms with van der Waals surface area (Å²) < 4.78 is 0. The molecule has 0 saturated heterocycles. The van der Waals surface area contributed by atoms with Gasteiger partial charge in [-0.1, -0.05) is 41.4 Å². The third kappa shape index (κ3) is 4.34. The number of benzene rings is 1. The molecule has 1 aromatic heterocycles. The largest absolute Gasteiger partial charge is 0.337 e. The van der Waals surface area contributed by atoms with E-state index in [0.717, 1.165) is 0 Å². The van der Waals surface area contributed by atoms with Gasteiger partial charge in [-0.3, -0.25) is 10.2 Å². The number of rotatable bonds is 2. The topological polar surface area (TPSA) is 83.1 Å². The normalized spacial score (nSPS) is 9.81. The third-order valence-corrected chi connectivity index (χ3v) is 3.07. The van der Waals surface area contributed by atoms with E-state index in [9.17, 15) is 9.59 Å².